The van der Waals surface area contributed by atoms with Gasteiger partial charge in [-0.2, -0.15) is 5.10 Å². The number of rotatable bonds is 1. The molecule has 1 fully saturated rings. The van der Waals surface area contributed by atoms with Gasteiger partial charge in [0.05, 0.1) is 0 Å². The third kappa shape index (κ3) is 2.65. The molecular weight excluding hydrogens is 320 g/mol. The highest BCUT2D eigenvalue weighted by molar-refractivity contribution is 7.80. The molecule has 1 aliphatic carbocycles. The minimum Gasteiger partial charge on any atom is -0.345 e. The first-order valence-corrected chi connectivity index (χ1v) is 8.37. The smallest absolute Gasteiger partial charge is 0.189 e. The van der Waals surface area contributed by atoms with Crippen LogP contribution in [0.5, 0.6) is 0 Å². The van der Waals surface area contributed by atoms with Gasteiger partial charge in [0.2, 0.25) is 0 Å². The fourth-order valence-corrected chi connectivity index (χ4v) is 3.25. The molecule has 0 spiro atoms. The van der Waals surface area contributed by atoms with Gasteiger partial charge in [-0.1, -0.05) is 12.1 Å². The van der Waals surface area contributed by atoms with Gasteiger partial charge in [0.1, 0.15) is 17.1 Å². The van der Waals surface area contributed by atoms with Gasteiger partial charge in [-0.3, -0.25) is 15.4 Å². The van der Waals surface area contributed by atoms with E-state index in [2.05, 4.69) is 37.3 Å². The number of thiocarbonyl (C=S) groups is 1. The number of hydrazone groups is 1. The Kier molecular flexibility index (Phi) is 3.95. The van der Waals surface area contributed by atoms with Gasteiger partial charge in [-0.25, -0.2) is 0 Å². The lowest BCUT2D eigenvalue weighted by Gasteiger charge is -2.33. The van der Waals surface area contributed by atoms with E-state index in [9.17, 15) is 0 Å². The van der Waals surface area contributed by atoms with E-state index in [-0.39, 0.29) is 0 Å². The Morgan fingerprint density at radius 2 is 1.62 bits per heavy atom. The van der Waals surface area contributed by atoms with Crippen LogP contribution in [0.1, 0.15) is 11.4 Å². The van der Waals surface area contributed by atoms with E-state index in [4.69, 9.17) is 12.2 Å². The molecule has 122 valence electrons. The molecule has 0 radical (unpaired) electrons. The van der Waals surface area contributed by atoms with E-state index >= 15 is 0 Å². The van der Waals surface area contributed by atoms with Crippen LogP contribution in [0.25, 0.3) is 11.1 Å². The Labute approximate surface area is 146 Å². The van der Waals surface area contributed by atoms with Crippen molar-refractivity contribution in [1.29, 1.82) is 0 Å². The quantitative estimate of drug-likeness (QED) is 0.534. The lowest BCUT2D eigenvalue weighted by atomic mass is 10.1. The summed E-state index contributed by atoms with van der Waals surface area (Å²) in [5, 5.41) is 5.20. The van der Waals surface area contributed by atoms with Crippen molar-refractivity contribution in [2.75, 3.05) is 33.2 Å². The number of pyridine rings is 2. The largest absolute Gasteiger partial charge is 0.345 e. The lowest BCUT2D eigenvalue weighted by molar-refractivity contribution is 0.214. The standard InChI is InChI=1S/C17H18N6S/c1-22-8-10-23(11-9-22)17(24)21-20-16-14-12(4-2-6-18-14)13-5-3-7-19-15(13)16/h2-7H,8-11H2,1H3,(H,21,24). The van der Waals surface area contributed by atoms with Crippen molar-refractivity contribution < 1.29 is 0 Å². The van der Waals surface area contributed by atoms with Crippen molar-refractivity contribution in [3.8, 4) is 11.1 Å². The van der Waals surface area contributed by atoms with E-state index in [1.54, 1.807) is 12.4 Å². The van der Waals surface area contributed by atoms with Gasteiger partial charge in [0, 0.05) is 49.7 Å². The van der Waals surface area contributed by atoms with E-state index < -0.39 is 0 Å². The van der Waals surface area contributed by atoms with Crippen molar-refractivity contribution in [2.24, 2.45) is 5.10 Å². The van der Waals surface area contributed by atoms with Crippen LogP contribution in [-0.2, 0) is 0 Å². The molecular formula is C17H18N6S. The second kappa shape index (κ2) is 6.26. The van der Waals surface area contributed by atoms with E-state index in [1.807, 2.05) is 24.3 Å². The summed E-state index contributed by atoms with van der Waals surface area (Å²) in [4.78, 5) is 13.4. The fraction of sp³-hybridized carbons (Fsp3) is 0.294. The normalized spacial score (nSPS) is 16.5. The zero-order valence-electron chi connectivity index (χ0n) is 13.4. The minimum absolute atomic E-state index is 0.650. The number of piperazine rings is 1. The number of likely N-dealkylation sites (N-methyl/N-ethyl adjacent to an activating group) is 1. The Morgan fingerprint density at radius 1 is 1.04 bits per heavy atom. The van der Waals surface area contributed by atoms with Gasteiger partial charge >= 0.3 is 0 Å². The van der Waals surface area contributed by atoms with Crippen LogP contribution in [0.15, 0.2) is 41.8 Å². The van der Waals surface area contributed by atoms with Crippen LogP contribution >= 0.6 is 12.2 Å². The first-order chi connectivity index (χ1) is 11.7. The Morgan fingerprint density at radius 3 is 2.21 bits per heavy atom. The molecule has 3 heterocycles. The van der Waals surface area contributed by atoms with E-state index in [0.29, 0.717) is 5.11 Å². The first-order valence-electron chi connectivity index (χ1n) is 7.96. The fourth-order valence-electron chi connectivity index (χ4n) is 3.02. The van der Waals surface area contributed by atoms with Crippen LogP contribution in [0.4, 0.5) is 0 Å². The zero-order valence-corrected chi connectivity index (χ0v) is 14.3. The molecule has 0 atom stereocenters. The molecule has 0 amide bonds. The number of nitrogens with zero attached hydrogens (tertiary/aromatic N) is 5. The van der Waals surface area contributed by atoms with Crippen LogP contribution in [0.2, 0.25) is 0 Å². The maximum Gasteiger partial charge on any atom is 0.189 e. The predicted octanol–water partition coefficient (Wildman–Crippen LogP) is 1.33. The van der Waals surface area contributed by atoms with Crippen molar-refractivity contribution in [1.82, 2.24) is 25.2 Å². The highest BCUT2D eigenvalue weighted by Crippen LogP contribution is 2.33. The van der Waals surface area contributed by atoms with Gasteiger partial charge in [0.25, 0.3) is 0 Å². The maximum absolute atomic E-state index is 5.49. The summed E-state index contributed by atoms with van der Waals surface area (Å²) in [5.74, 6) is 0. The third-order valence-corrected chi connectivity index (χ3v) is 4.76. The molecule has 2 aliphatic rings. The number of hydrogen-bond donors (Lipinski definition) is 1. The predicted molar refractivity (Wildman–Crippen MR) is 97.9 cm³/mol. The second-order valence-corrected chi connectivity index (χ2v) is 6.35. The van der Waals surface area contributed by atoms with Gasteiger partial charge in [0.15, 0.2) is 5.11 Å². The molecule has 1 N–H and O–H groups in total. The summed E-state index contributed by atoms with van der Waals surface area (Å²) in [6.07, 6.45) is 3.55. The number of aromatic nitrogens is 2. The Balaban J connectivity index is 1.60. The molecule has 2 aromatic rings. The molecule has 0 aromatic carbocycles. The number of fused-ring (bicyclic) bond motifs is 3. The highest BCUT2D eigenvalue weighted by Gasteiger charge is 2.27. The molecule has 0 saturated carbocycles. The van der Waals surface area contributed by atoms with E-state index in [1.165, 1.54) is 0 Å². The van der Waals surface area contributed by atoms with Crippen molar-refractivity contribution in [2.45, 2.75) is 0 Å². The summed E-state index contributed by atoms with van der Waals surface area (Å²) >= 11 is 5.49. The van der Waals surface area contributed by atoms with Crippen LogP contribution in [-0.4, -0.2) is 63.8 Å². The zero-order chi connectivity index (χ0) is 16.5. The van der Waals surface area contributed by atoms with Crippen LogP contribution in [0, 0.1) is 0 Å². The SMILES string of the molecule is CN1CCN(C(=S)NN=C2c3ncccc3-c3cccnc32)CC1. The van der Waals surface area contributed by atoms with Gasteiger partial charge < -0.3 is 9.80 Å². The minimum atomic E-state index is 0.650. The van der Waals surface area contributed by atoms with E-state index in [0.717, 1.165) is 54.4 Å². The van der Waals surface area contributed by atoms with Gasteiger partial charge in [-0.15, -0.1) is 0 Å². The molecule has 7 heteroatoms. The molecule has 4 rings (SSSR count). The summed E-state index contributed by atoms with van der Waals surface area (Å²) < 4.78 is 0. The maximum atomic E-state index is 5.49. The summed E-state index contributed by atoms with van der Waals surface area (Å²) in [7, 11) is 2.12. The first kappa shape index (κ1) is 15.2. The summed E-state index contributed by atoms with van der Waals surface area (Å²) in [6.45, 7) is 3.84. The van der Waals surface area contributed by atoms with Crippen molar-refractivity contribution in [3.05, 3.63) is 48.0 Å². The Bertz CT molecular complexity index is 763. The van der Waals surface area contributed by atoms with Gasteiger partial charge in [-0.05, 0) is 31.4 Å². The molecule has 1 saturated heterocycles. The van der Waals surface area contributed by atoms with Crippen molar-refractivity contribution >= 4 is 23.0 Å². The average Bonchev–Trinajstić information content (AvgIpc) is 2.94. The molecule has 24 heavy (non-hydrogen) atoms. The highest BCUT2D eigenvalue weighted by atomic mass is 32.1. The van der Waals surface area contributed by atoms with Crippen molar-refractivity contribution in [3.63, 3.8) is 0 Å². The second-order valence-electron chi connectivity index (χ2n) is 5.97. The van der Waals surface area contributed by atoms with Crippen LogP contribution in [0.3, 0.4) is 0 Å². The molecule has 0 unspecified atom stereocenters. The monoisotopic (exact) mass is 338 g/mol. The molecule has 2 aromatic heterocycles. The number of nitrogens with one attached hydrogen (secondary N) is 1. The number of hydrogen-bond acceptors (Lipinski definition) is 5. The average molecular weight is 338 g/mol. The summed E-state index contributed by atoms with van der Waals surface area (Å²) in [6, 6.07) is 7.95. The summed E-state index contributed by atoms with van der Waals surface area (Å²) in [5.41, 5.74) is 7.60. The molecule has 0 bridgehead atoms. The Hall–Kier alpha value is -2.38. The van der Waals surface area contributed by atoms with Crippen LogP contribution < -0.4 is 5.43 Å². The molecule has 1 aliphatic heterocycles. The lowest BCUT2D eigenvalue weighted by Crippen LogP contribution is -2.49. The topological polar surface area (TPSA) is 56.6 Å². The third-order valence-electron chi connectivity index (χ3n) is 4.41. The molecule has 6 nitrogen and oxygen atoms in total.